The van der Waals surface area contributed by atoms with E-state index in [0.717, 1.165) is 28.6 Å². The number of carbonyl (C=O) groups excluding carboxylic acids is 1. The Morgan fingerprint density at radius 3 is 2.90 bits per heavy atom. The summed E-state index contributed by atoms with van der Waals surface area (Å²) in [6.07, 6.45) is 4.89. The molecular weight excluding hydrogens is 534 g/mol. The summed E-state index contributed by atoms with van der Waals surface area (Å²) in [5.41, 5.74) is 4.44. The molecule has 4 unspecified atom stereocenters. The van der Waals surface area contributed by atoms with Crippen LogP contribution in [0.5, 0.6) is 0 Å². The van der Waals surface area contributed by atoms with E-state index in [-0.39, 0.29) is 10.4 Å². The van der Waals surface area contributed by atoms with E-state index in [0.29, 0.717) is 42.9 Å². The zero-order valence-electron chi connectivity index (χ0n) is 23.7. The quantitative estimate of drug-likeness (QED) is 0.222. The average Bonchev–Trinajstić information content (AvgIpc) is 3.77. The Labute approximate surface area is 242 Å². The molecule has 2 saturated heterocycles. The van der Waals surface area contributed by atoms with Gasteiger partial charge in [-0.05, 0) is 57.7 Å². The summed E-state index contributed by atoms with van der Waals surface area (Å²) in [5.74, 6) is 1.41. The molecule has 4 aromatic heterocycles. The second-order valence-electron chi connectivity index (χ2n) is 11.2. The zero-order valence-corrected chi connectivity index (χ0v) is 23.7. The fourth-order valence-electron chi connectivity index (χ4n) is 6.14. The van der Waals surface area contributed by atoms with Gasteiger partial charge < -0.3 is 4.98 Å². The molecule has 2 fully saturated rings. The van der Waals surface area contributed by atoms with Gasteiger partial charge >= 0.3 is 5.95 Å². The fraction of sp³-hybridized carbons (Fsp3) is 0.333. The first-order chi connectivity index (χ1) is 20.5. The van der Waals surface area contributed by atoms with Crippen molar-refractivity contribution in [2.75, 3.05) is 26.7 Å². The fourth-order valence-corrected chi connectivity index (χ4v) is 6.14. The van der Waals surface area contributed by atoms with Crippen molar-refractivity contribution >= 4 is 22.6 Å². The number of hydroxylamine groups is 2. The Balaban J connectivity index is 1.19. The molecule has 5 aromatic rings. The number of aromatic amines is 1. The number of aromatic nitrogens is 7. The third-order valence-electron chi connectivity index (χ3n) is 8.11. The number of nitrogens with zero attached hydrogens (tertiary/aromatic N) is 8. The molecule has 214 valence electrons. The number of quaternary nitrogens is 1. The molecule has 0 radical (unpaired) electrons. The third-order valence-corrected chi connectivity index (χ3v) is 8.11. The van der Waals surface area contributed by atoms with E-state index in [1.807, 2.05) is 35.4 Å². The minimum absolute atomic E-state index is 0.0900. The SMILES string of the molecule is CO[N+]1(c2nnnn2-c2ccccn2)CCN2CC1OC2C(=O)c1cnc(-c2cccc(CC(C)C)c2)c2[nH]ccc12. The highest BCUT2D eigenvalue weighted by atomic mass is 16.8. The lowest BCUT2D eigenvalue weighted by molar-refractivity contribution is -0.216. The summed E-state index contributed by atoms with van der Waals surface area (Å²) in [5, 5.41) is 13.2. The first kappa shape index (κ1) is 26.5. The number of ketones is 1. The van der Waals surface area contributed by atoms with Crippen molar-refractivity contribution in [1.29, 1.82) is 0 Å². The van der Waals surface area contributed by atoms with Crippen LogP contribution in [-0.4, -0.2) is 85.0 Å². The molecule has 0 saturated carbocycles. The first-order valence-electron chi connectivity index (χ1n) is 14.1. The van der Waals surface area contributed by atoms with E-state index >= 15 is 0 Å². The first-order valence-corrected chi connectivity index (χ1v) is 14.1. The molecule has 1 aromatic carbocycles. The van der Waals surface area contributed by atoms with Gasteiger partial charge in [0, 0.05) is 35.1 Å². The lowest BCUT2D eigenvalue weighted by Gasteiger charge is -2.37. The van der Waals surface area contributed by atoms with Crippen LogP contribution in [0.25, 0.3) is 28.0 Å². The van der Waals surface area contributed by atoms with Crippen molar-refractivity contribution in [3.05, 3.63) is 78.2 Å². The topological polar surface area (TPSA) is 124 Å². The van der Waals surface area contributed by atoms with Crippen LogP contribution in [0.3, 0.4) is 0 Å². The highest BCUT2D eigenvalue weighted by Gasteiger charge is 2.58. The number of carbonyl (C=O) groups is 1. The lowest BCUT2D eigenvalue weighted by Crippen LogP contribution is -2.64. The van der Waals surface area contributed by atoms with Gasteiger partial charge in [-0.15, -0.1) is 4.68 Å². The van der Waals surface area contributed by atoms with Gasteiger partial charge in [0.2, 0.25) is 12.0 Å². The number of pyridine rings is 2. The summed E-state index contributed by atoms with van der Waals surface area (Å²) >= 11 is 0. The highest BCUT2D eigenvalue weighted by Crippen LogP contribution is 2.37. The maximum Gasteiger partial charge on any atom is 0.389 e. The Bertz CT molecular complexity index is 1750. The number of H-pyrrole nitrogens is 1. The molecule has 12 heteroatoms. The molecule has 0 aliphatic carbocycles. The van der Waals surface area contributed by atoms with E-state index in [1.54, 1.807) is 24.2 Å². The molecule has 1 N–H and O–H groups in total. The van der Waals surface area contributed by atoms with Crippen molar-refractivity contribution < 1.29 is 14.4 Å². The summed E-state index contributed by atoms with van der Waals surface area (Å²) < 4.78 is 7.94. The molecule has 0 spiro atoms. The monoisotopic (exact) mass is 566 g/mol. The van der Waals surface area contributed by atoms with Gasteiger partial charge in [-0.1, -0.05) is 42.8 Å². The molecule has 6 heterocycles. The second kappa shape index (κ2) is 10.5. The molecule has 2 bridgehead atoms. The summed E-state index contributed by atoms with van der Waals surface area (Å²) in [6.45, 7) is 5.93. The summed E-state index contributed by atoms with van der Waals surface area (Å²) in [4.78, 5) is 34.7. The molecule has 12 nitrogen and oxygen atoms in total. The number of hydrogen-bond acceptors (Lipinski definition) is 9. The van der Waals surface area contributed by atoms with E-state index < -0.39 is 12.5 Å². The minimum atomic E-state index is -0.788. The largest absolute Gasteiger partial charge is 0.389 e. The van der Waals surface area contributed by atoms with Gasteiger partial charge in [-0.2, -0.15) is 4.84 Å². The van der Waals surface area contributed by atoms with Gasteiger partial charge in [0.25, 0.3) is 0 Å². The highest BCUT2D eigenvalue weighted by molar-refractivity contribution is 6.11. The van der Waals surface area contributed by atoms with Crippen molar-refractivity contribution in [1.82, 2.24) is 44.7 Å². The van der Waals surface area contributed by atoms with Gasteiger partial charge in [0.15, 0.2) is 12.0 Å². The number of fused-ring (bicyclic) bond motifs is 3. The number of piperazine rings is 1. The number of hydrogen-bond donors (Lipinski definition) is 1. The van der Waals surface area contributed by atoms with E-state index in [4.69, 9.17) is 14.6 Å². The van der Waals surface area contributed by atoms with Crippen molar-refractivity contribution in [3.8, 4) is 17.1 Å². The van der Waals surface area contributed by atoms with Crippen LogP contribution in [0.2, 0.25) is 0 Å². The van der Waals surface area contributed by atoms with Crippen LogP contribution in [-0.2, 0) is 16.0 Å². The van der Waals surface area contributed by atoms with Crippen LogP contribution in [0.1, 0.15) is 29.8 Å². The molecule has 0 amide bonds. The molecule has 7 rings (SSSR count). The molecule has 4 atom stereocenters. The summed E-state index contributed by atoms with van der Waals surface area (Å²) in [6, 6.07) is 15.9. The average molecular weight is 567 g/mol. The number of rotatable bonds is 8. The van der Waals surface area contributed by atoms with Crippen molar-refractivity contribution in [3.63, 3.8) is 0 Å². The normalized spacial score (nSPS) is 23.6. The Kier molecular flexibility index (Phi) is 6.62. The number of nitrogens with one attached hydrogen (secondary N) is 1. The maximum atomic E-state index is 14.1. The summed E-state index contributed by atoms with van der Waals surface area (Å²) in [7, 11) is 1.60. The smallest absolute Gasteiger partial charge is 0.359 e. The zero-order chi connectivity index (χ0) is 28.8. The van der Waals surface area contributed by atoms with Crippen LogP contribution in [0, 0.1) is 5.92 Å². The molecule has 2 aliphatic heterocycles. The van der Waals surface area contributed by atoms with Gasteiger partial charge in [-0.3, -0.25) is 19.4 Å². The predicted octanol–water partition coefficient (Wildman–Crippen LogP) is 3.55. The van der Waals surface area contributed by atoms with Crippen molar-refractivity contribution in [2.45, 2.75) is 32.7 Å². The van der Waals surface area contributed by atoms with Crippen LogP contribution in [0.15, 0.2) is 67.1 Å². The number of benzene rings is 1. The number of ether oxygens (including phenoxy) is 1. The predicted molar refractivity (Wildman–Crippen MR) is 155 cm³/mol. The van der Waals surface area contributed by atoms with E-state index in [2.05, 4.69) is 63.6 Å². The standard InChI is InChI=1S/C30H31N9O3/c1-19(2)15-20-7-6-8-21(16-20)26-27-22(10-12-32-27)23(17-33-26)28(40)29-37-13-14-39(41-3,25(18-37)42-29)30-34-35-36-38(30)24-9-4-5-11-31-24/h4-12,16-17,19,25,29H,13-15,18H2,1-3H3/p+1. The third kappa shape index (κ3) is 4.31. The van der Waals surface area contributed by atoms with Crippen LogP contribution >= 0.6 is 0 Å². The second-order valence-corrected chi connectivity index (χ2v) is 11.2. The minimum Gasteiger partial charge on any atom is -0.359 e. The molecular formula is C30H32N9O3+. The van der Waals surface area contributed by atoms with Crippen LogP contribution < -0.4 is 4.65 Å². The van der Waals surface area contributed by atoms with E-state index in [1.165, 1.54) is 5.56 Å². The molecule has 2 aliphatic rings. The van der Waals surface area contributed by atoms with Gasteiger partial charge in [-0.25, -0.2) is 4.98 Å². The van der Waals surface area contributed by atoms with Gasteiger partial charge in [0.05, 0.1) is 31.4 Å². The van der Waals surface area contributed by atoms with Crippen molar-refractivity contribution in [2.24, 2.45) is 5.92 Å². The Hall–Kier alpha value is -4.36. The lowest BCUT2D eigenvalue weighted by atomic mass is 9.98. The molecule has 42 heavy (non-hydrogen) atoms. The maximum absolute atomic E-state index is 14.1. The van der Waals surface area contributed by atoms with Gasteiger partial charge in [0.1, 0.15) is 6.54 Å². The Morgan fingerprint density at radius 2 is 2.10 bits per heavy atom. The van der Waals surface area contributed by atoms with E-state index in [9.17, 15) is 4.79 Å². The Morgan fingerprint density at radius 1 is 1.19 bits per heavy atom. The van der Waals surface area contributed by atoms with Crippen LogP contribution in [0.4, 0.5) is 5.95 Å². The number of tetrazole rings is 1. The number of Topliss-reactive ketones (excluding diaryl/α,β-unsaturated/α-hetero) is 1.